The molecule has 1 N–H and O–H groups in total. The van der Waals surface area contributed by atoms with E-state index in [1.165, 1.54) is 0 Å². The summed E-state index contributed by atoms with van der Waals surface area (Å²) in [5.41, 5.74) is 0. The van der Waals surface area contributed by atoms with Gasteiger partial charge in [0.1, 0.15) is 3.92 Å². The van der Waals surface area contributed by atoms with E-state index in [1.807, 2.05) is 0 Å². The molecule has 0 saturated heterocycles. The highest BCUT2D eigenvalue weighted by molar-refractivity contribution is 14.1. The van der Waals surface area contributed by atoms with Crippen LogP contribution >= 0.6 is 22.6 Å². The lowest BCUT2D eigenvalue weighted by atomic mass is 10.3. The minimum Gasteiger partial charge on any atom is -0.453 e. The number of hydrogen-bond acceptors (Lipinski definition) is 6. The molecule has 0 rings (SSSR count). The van der Waals surface area contributed by atoms with Gasteiger partial charge in [0.15, 0.2) is 6.61 Å². The highest BCUT2D eigenvalue weighted by Gasteiger charge is 2.66. The normalized spacial score (nSPS) is 15.7. The van der Waals surface area contributed by atoms with E-state index < -0.39 is 50.1 Å². The van der Waals surface area contributed by atoms with Crippen molar-refractivity contribution in [3.05, 3.63) is 0 Å². The first kappa shape index (κ1) is 22.2. The Hall–Kier alpha value is -0.770. The second-order valence-electron chi connectivity index (χ2n) is 3.93. The average Bonchev–Trinajstić information content (AvgIpc) is 2.38. The van der Waals surface area contributed by atoms with E-state index in [2.05, 4.69) is 9.47 Å². The minimum atomic E-state index is -6.52. The van der Waals surface area contributed by atoms with Crippen LogP contribution in [-0.2, 0) is 29.2 Å². The van der Waals surface area contributed by atoms with Crippen LogP contribution in [0.25, 0.3) is 0 Å². The Bertz CT molecular complexity index is 547. The van der Waals surface area contributed by atoms with Crippen LogP contribution < -0.4 is 0 Å². The van der Waals surface area contributed by atoms with Crippen molar-refractivity contribution in [1.29, 1.82) is 0 Å². The van der Waals surface area contributed by atoms with Crippen molar-refractivity contribution in [3.63, 3.8) is 0 Å². The maximum Gasteiger partial charge on any atom is 0.432 e. The van der Waals surface area contributed by atoms with E-state index in [0.29, 0.717) is 0 Å². The van der Waals surface area contributed by atoms with E-state index in [-0.39, 0.29) is 6.42 Å². The van der Waals surface area contributed by atoms with E-state index in [0.717, 1.165) is 0 Å². The Balaban J connectivity index is 5.09. The number of rotatable bonds is 7. The largest absolute Gasteiger partial charge is 0.453 e. The lowest BCUT2D eigenvalue weighted by molar-refractivity contribution is -0.260. The van der Waals surface area contributed by atoms with Crippen molar-refractivity contribution >= 4 is 44.6 Å². The molecule has 0 aromatic rings. The van der Waals surface area contributed by atoms with Gasteiger partial charge in [0.05, 0.1) is 0 Å². The second-order valence-corrected chi connectivity index (χ2v) is 6.93. The van der Waals surface area contributed by atoms with Gasteiger partial charge in [-0.15, -0.1) is 0 Å². The molecule has 0 aromatic heterocycles. The predicted octanol–water partition coefficient (Wildman–Crippen LogP) is 1.70. The van der Waals surface area contributed by atoms with Gasteiger partial charge in [-0.25, -0.2) is 4.79 Å². The zero-order valence-electron chi connectivity index (χ0n) is 11.1. The molecule has 0 bridgehead atoms. The summed E-state index contributed by atoms with van der Waals surface area (Å²) in [5, 5.41) is -5.83. The SMILES string of the molecule is CCC(I)C(=O)OCC(=O)OC(C(F)(F)F)C(F)(F)S(=O)(=O)O. The summed E-state index contributed by atoms with van der Waals surface area (Å²) in [6, 6.07) is 0. The fourth-order valence-electron chi connectivity index (χ4n) is 1.01. The van der Waals surface area contributed by atoms with E-state index in [4.69, 9.17) is 4.55 Å². The van der Waals surface area contributed by atoms with Crippen LogP contribution in [0, 0.1) is 0 Å². The van der Waals surface area contributed by atoms with E-state index >= 15 is 0 Å². The molecule has 14 heteroatoms. The zero-order valence-corrected chi connectivity index (χ0v) is 14.1. The highest BCUT2D eigenvalue weighted by atomic mass is 127. The molecule has 0 saturated carbocycles. The number of alkyl halides is 6. The summed E-state index contributed by atoms with van der Waals surface area (Å²) >= 11 is 1.60. The second kappa shape index (κ2) is 7.87. The van der Waals surface area contributed by atoms with Crippen LogP contribution in [0.15, 0.2) is 0 Å². The van der Waals surface area contributed by atoms with Gasteiger partial charge in [0, 0.05) is 0 Å². The molecule has 136 valence electrons. The zero-order chi connectivity index (χ0) is 18.6. The molecule has 0 amide bonds. The monoisotopic (exact) mass is 484 g/mol. The van der Waals surface area contributed by atoms with E-state index in [1.54, 1.807) is 29.5 Å². The summed E-state index contributed by atoms with van der Waals surface area (Å²) in [6.45, 7) is 0.121. The Kier molecular flexibility index (Phi) is 7.60. The summed E-state index contributed by atoms with van der Waals surface area (Å²) in [5.74, 6) is -3.07. The Labute approximate surface area is 140 Å². The standard InChI is InChI=1S/C9H10F5IO7S/c1-2-4(15)6(17)21-3-5(16)22-7(8(10,11)12)9(13,14)23(18,19)20/h4,7H,2-3H2,1H3,(H,18,19,20). The third-order valence-corrected chi connectivity index (χ3v) is 4.43. The van der Waals surface area contributed by atoms with Crippen molar-refractivity contribution < 1.29 is 54.0 Å². The topological polar surface area (TPSA) is 107 Å². The van der Waals surface area contributed by atoms with Crippen molar-refractivity contribution in [2.75, 3.05) is 6.61 Å². The van der Waals surface area contributed by atoms with Gasteiger partial charge in [0.2, 0.25) is 0 Å². The molecular formula is C9H10F5IO7S. The van der Waals surface area contributed by atoms with Crippen LogP contribution in [0.5, 0.6) is 0 Å². The summed E-state index contributed by atoms with van der Waals surface area (Å²) in [4.78, 5) is 22.3. The number of carbonyl (C=O) groups excluding carboxylic acids is 2. The number of ether oxygens (including phenoxy) is 2. The van der Waals surface area contributed by atoms with Crippen molar-refractivity contribution in [3.8, 4) is 0 Å². The van der Waals surface area contributed by atoms with Crippen LogP contribution in [0.3, 0.4) is 0 Å². The molecule has 0 aromatic carbocycles. The fraction of sp³-hybridized carbons (Fsp3) is 0.778. The smallest absolute Gasteiger partial charge is 0.432 e. The number of hydrogen-bond donors (Lipinski definition) is 1. The molecule has 23 heavy (non-hydrogen) atoms. The molecule has 2 atom stereocenters. The number of halogens is 6. The first-order chi connectivity index (χ1) is 10.1. The van der Waals surface area contributed by atoms with Crippen LogP contribution in [0.4, 0.5) is 22.0 Å². The third-order valence-electron chi connectivity index (χ3n) is 2.14. The van der Waals surface area contributed by atoms with Gasteiger partial charge in [-0.1, -0.05) is 29.5 Å². The van der Waals surface area contributed by atoms with Gasteiger partial charge in [-0.05, 0) is 6.42 Å². The summed E-state index contributed by atoms with van der Waals surface area (Å²) < 4.78 is 99.2. The Morgan fingerprint density at radius 1 is 1.22 bits per heavy atom. The van der Waals surface area contributed by atoms with Crippen molar-refractivity contribution in [2.45, 2.75) is 34.8 Å². The fourth-order valence-corrected chi connectivity index (χ4v) is 1.65. The summed E-state index contributed by atoms with van der Waals surface area (Å²) in [6.07, 6.45) is -10.2. The average molecular weight is 484 g/mol. The molecule has 0 radical (unpaired) electrons. The van der Waals surface area contributed by atoms with Crippen LogP contribution in [-0.4, -0.2) is 53.0 Å². The number of esters is 2. The van der Waals surface area contributed by atoms with Crippen LogP contribution in [0.2, 0.25) is 0 Å². The molecule has 7 nitrogen and oxygen atoms in total. The van der Waals surface area contributed by atoms with Gasteiger partial charge in [0.25, 0.3) is 6.10 Å². The van der Waals surface area contributed by atoms with Crippen molar-refractivity contribution in [1.82, 2.24) is 0 Å². The molecular weight excluding hydrogens is 474 g/mol. The molecule has 0 aliphatic carbocycles. The highest BCUT2D eigenvalue weighted by Crippen LogP contribution is 2.38. The Morgan fingerprint density at radius 2 is 1.70 bits per heavy atom. The van der Waals surface area contributed by atoms with E-state index in [9.17, 15) is 40.0 Å². The molecule has 0 aliphatic rings. The Morgan fingerprint density at radius 3 is 2.04 bits per heavy atom. The maximum atomic E-state index is 13.1. The molecule has 0 spiro atoms. The molecule has 0 heterocycles. The van der Waals surface area contributed by atoms with Gasteiger partial charge < -0.3 is 9.47 Å². The van der Waals surface area contributed by atoms with Gasteiger partial charge >= 0.3 is 33.5 Å². The van der Waals surface area contributed by atoms with Crippen molar-refractivity contribution in [2.24, 2.45) is 0 Å². The van der Waals surface area contributed by atoms with Gasteiger partial charge in [-0.2, -0.15) is 30.4 Å². The molecule has 2 unspecified atom stereocenters. The minimum absolute atomic E-state index is 0.264. The quantitative estimate of drug-likeness (QED) is 0.193. The first-order valence-corrected chi connectivity index (χ1v) is 8.24. The molecule has 0 fully saturated rings. The van der Waals surface area contributed by atoms with Gasteiger partial charge in [-0.3, -0.25) is 9.35 Å². The lowest BCUT2D eigenvalue weighted by Crippen LogP contribution is -2.52. The maximum absolute atomic E-state index is 13.1. The lowest BCUT2D eigenvalue weighted by Gasteiger charge is -2.25. The molecule has 0 aliphatic heterocycles. The summed E-state index contributed by atoms with van der Waals surface area (Å²) in [7, 11) is -6.52. The van der Waals surface area contributed by atoms with Crippen LogP contribution in [0.1, 0.15) is 13.3 Å². The first-order valence-electron chi connectivity index (χ1n) is 5.56. The number of carbonyl (C=O) groups is 2. The third kappa shape index (κ3) is 6.33. The predicted molar refractivity (Wildman–Crippen MR) is 71.5 cm³/mol.